The van der Waals surface area contributed by atoms with Crippen LogP contribution in [0.5, 0.6) is 0 Å². The van der Waals surface area contributed by atoms with Gasteiger partial charge in [-0.25, -0.2) is 9.59 Å². The van der Waals surface area contributed by atoms with E-state index in [2.05, 4.69) is 93.6 Å². The summed E-state index contributed by atoms with van der Waals surface area (Å²) in [7, 11) is 0. The van der Waals surface area contributed by atoms with E-state index in [4.69, 9.17) is 19.8 Å². The van der Waals surface area contributed by atoms with E-state index >= 15 is 0 Å². The Balaban J connectivity index is 0.000000383. The van der Waals surface area contributed by atoms with Gasteiger partial charge < -0.3 is 10.2 Å². The van der Waals surface area contributed by atoms with Crippen LogP contribution in [0.1, 0.15) is 16.7 Å². The summed E-state index contributed by atoms with van der Waals surface area (Å²) in [5.74, 6) is -5.51. The van der Waals surface area contributed by atoms with Gasteiger partial charge in [0.2, 0.25) is 0 Å². The van der Waals surface area contributed by atoms with Crippen molar-refractivity contribution in [2.24, 2.45) is 0 Å². The molecule has 0 aliphatic carbocycles. The van der Waals surface area contributed by atoms with Crippen LogP contribution < -0.4 is 9.81 Å². The van der Waals surface area contributed by atoms with Crippen LogP contribution in [0.25, 0.3) is 0 Å². The van der Waals surface area contributed by atoms with Crippen molar-refractivity contribution in [3.05, 3.63) is 89.5 Å². The van der Waals surface area contributed by atoms with Gasteiger partial charge in [-0.15, -0.1) is 0 Å². The van der Waals surface area contributed by atoms with Gasteiger partial charge in [0.05, 0.1) is 0 Å². The predicted molar refractivity (Wildman–Crippen MR) is 126 cm³/mol. The summed E-state index contributed by atoms with van der Waals surface area (Å²) in [6, 6.07) is 27.5. The summed E-state index contributed by atoms with van der Waals surface area (Å²) in [5.41, 5.74) is 4.00. The number of aryl methyl sites for hydroxylation is 3. The minimum atomic E-state index is -5.08. The molecule has 0 unspecified atom stereocenters. The van der Waals surface area contributed by atoms with Gasteiger partial charge in [-0.1, -0.05) is 0 Å². The molecule has 3 aromatic carbocycles. The van der Waals surface area contributed by atoms with Crippen LogP contribution in [0, 0.1) is 20.8 Å². The van der Waals surface area contributed by atoms with Crippen LogP contribution in [0.4, 0.5) is 26.3 Å². The zero-order chi connectivity index (χ0) is 27.7. The first kappa shape index (κ1) is 31.1. The third-order valence-electron chi connectivity index (χ3n) is 4.36. The van der Waals surface area contributed by atoms with Crippen molar-refractivity contribution in [2.45, 2.75) is 33.1 Å². The molecule has 2 N–H and O–H groups in total. The van der Waals surface area contributed by atoms with E-state index in [0.717, 1.165) is 0 Å². The second-order valence-corrected chi connectivity index (χ2v) is 16.1. The SMILES string of the molecule is Cc1cc[c]([Bi]([c]2ccc(C)cc2)[c]2ccc(C)cc2)cc1.O=C(O)C(F)(F)F.O=C(O)C(F)(F)F. The molecule has 0 aromatic heterocycles. The number of benzene rings is 3. The first-order valence-electron chi connectivity index (χ1n) is 10.1. The van der Waals surface area contributed by atoms with E-state index in [1.165, 1.54) is 16.7 Å². The fourth-order valence-electron chi connectivity index (χ4n) is 2.53. The average molecular weight is 710 g/mol. The van der Waals surface area contributed by atoms with Crippen molar-refractivity contribution < 1.29 is 46.1 Å². The van der Waals surface area contributed by atoms with Gasteiger partial charge in [-0.2, -0.15) is 26.3 Å². The Morgan fingerprint density at radius 2 is 0.694 bits per heavy atom. The second kappa shape index (κ2) is 13.4. The predicted octanol–water partition coefficient (Wildman–Crippen LogP) is 4.39. The van der Waals surface area contributed by atoms with Crippen molar-refractivity contribution in [3.8, 4) is 0 Å². The van der Waals surface area contributed by atoms with Crippen LogP contribution in [0.15, 0.2) is 72.8 Å². The van der Waals surface area contributed by atoms with Gasteiger partial charge in [0.25, 0.3) is 0 Å². The Bertz CT molecular complexity index is 992. The van der Waals surface area contributed by atoms with Gasteiger partial charge in [0.15, 0.2) is 0 Å². The largest absolute Gasteiger partial charge is 0.490 e. The van der Waals surface area contributed by atoms with E-state index in [0.29, 0.717) is 0 Å². The van der Waals surface area contributed by atoms with Crippen molar-refractivity contribution >= 4 is 43.5 Å². The quantitative estimate of drug-likeness (QED) is 0.313. The molecule has 3 rings (SSSR count). The number of carboxylic acid groups (broad SMARTS) is 2. The number of carboxylic acids is 2. The van der Waals surface area contributed by atoms with Gasteiger partial charge in [0, 0.05) is 0 Å². The van der Waals surface area contributed by atoms with Crippen molar-refractivity contribution in [1.29, 1.82) is 0 Å². The molecule has 0 saturated carbocycles. The molecule has 0 aliphatic rings. The van der Waals surface area contributed by atoms with Crippen molar-refractivity contribution in [2.75, 3.05) is 0 Å². The summed E-state index contributed by atoms with van der Waals surface area (Å²) in [6.45, 7) is 6.47. The zero-order valence-corrected chi connectivity index (χ0v) is 22.8. The van der Waals surface area contributed by atoms with E-state index in [1.54, 1.807) is 9.81 Å². The topological polar surface area (TPSA) is 74.6 Å². The van der Waals surface area contributed by atoms with Crippen molar-refractivity contribution in [1.82, 2.24) is 0 Å². The van der Waals surface area contributed by atoms with E-state index in [1.807, 2.05) is 0 Å². The first-order chi connectivity index (χ1) is 16.5. The number of halogens is 6. The summed E-state index contributed by atoms with van der Waals surface area (Å²) in [5, 5.41) is 14.2. The molecule has 0 radical (unpaired) electrons. The molecule has 0 bridgehead atoms. The molecule has 0 saturated heterocycles. The van der Waals surface area contributed by atoms with E-state index < -0.39 is 46.0 Å². The number of rotatable bonds is 3. The minimum absolute atomic E-state index is 1.33. The molecule has 4 nitrogen and oxygen atoms in total. The summed E-state index contributed by atoms with van der Waals surface area (Å²) in [6.07, 6.45) is -10.2. The monoisotopic (exact) mass is 710 g/mol. The van der Waals surface area contributed by atoms with Crippen LogP contribution in [0.2, 0.25) is 0 Å². The van der Waals surface area contributed by atoms with E-state index in [9.17, 15) is 26.3 Å². The molecular weight excluding hydrogens is 687 g/mol. The summed E-state index contributed by atoms with van der Waals surface area (Å²) >= 11 is -2.15. The fraction of sp³-hybridized carbons (Fsp3) is 0.200. The maximum Gasteiger partial charge on any atom is 0.490 e. The molecule has 0 amide bonds. The van der Waals surface area contributed by atoms with Gasteiger partial charge in [-0.3, -0.25) is 0 Å². The number of carbonyl (C=O) groups is 2. The Morgan fingerprint density at radius 3 is 0.833 bits per heavy atom. The minimum Gasteiger partial charge on any atom is -0.475 e. The molecule has 0 fully saturated rings. The molecule has 0 spiro atoms. The van der Waals surface area contributed by atoms with Crippen LogP contribution in [-0.4, -0.2) is 56.3 Å². The van der Waals surface area contributed by atoms with Gasteiger partial charge in [-0.05, 0) is 0 Å². The molecular formula is C25H23BiF6O4. The molecule has 36 heavy (non-hydrogen) atoms. The molecule has 11 heteroatoms. The third kappa shape index (κ3) is 10.8. The fourth-order valence-corrected chi connectivity index (χ4v) is 11.2. The molecule has 0 atom stereocenters. The normalized spacial score (nSPS) is 11.1. The summed E-state index contributed by atoms with van der Waals surface area (Å²) < 4.78 is 68.1. The number of hydrogen-bond acceptors (Lipinski definition) is 2. The first-order valence-corrected chi connectivity index (χ1v) is 15.3. The third-order valence-corrected chi connectivity index (χ3v) is 13.9. The Morgan fingerprint density at radius 1 is 0.528 bits per heavy atom. The molecule has 194 valence electrons. The maximum absolute atomic E-state index is 10.6. The molecule has 3 aromatic rings. The van der Waals surface area contributed by atoms with Crippen molar-refractivity contribution in [3.63, 3.8) is 0 Å². The number of aliphatic carboxylic acids is 2. The number of alkyl halides is 6. The molecule has 0 aliphatic heterocycles. The van der Waals surface area contributed by atoms with E-state index in [-0.39, 0.29) is 0 Å². The Kier molecular flexibility index (Phi) is 11.6. The summed E-state index contributed by atoms with van der Waals surface area (Å²) in [4.78, 5) is 17.8. The van der Waals surface area contributed by atoms with Crippen LogP contribution in [0.3, 0.4) is 0 Å². The van der Waals surface area contributed by atoms with Crippen LogP contribution in [-0.2, 0) is 9.59 Å². The average Bonchev–Trinajstić information content (AvgIpc) is 2.77. The maximum atomic E-state index is 10.6. The van der Waals surface area contributed by atoms with Crippen LogP contribution >= 0.6 is 0 Å². The molecule has 0 heterocycles. The Hall–Kier alpha value is -2.94. The van der Waals surface area contributed by atoms with Gasteiger partial charge >= 0.3 is 166 Å². The Labute approximate surface area is 211 Å². The number of hydrogen-bond donors (Lipinski definition) is 2. The zero-order valence-electron chi connectivity index (χ0n) is 19.4. The smallest absolute Gasteiger partial charge is 0.475 e. The standard InChI is InChI=1S/3C7H7.2C2HF3O2.Bi/c3*1-7-5-3-2-4-6-7;2*3-2(4,5)1(6)7;/h3*3-6H,1H3;2*(H,6,7);. The van der Waals surface area contributed by atoms with Gasteiger partial charge in [0.1, 0.15) is 0 Å². The second-order valence-electron chi connectivity index (χ2n) is 7.45.